The van der Waals surface area contributed by atoms with Gasteiger partial charge in [0.05, 0.1) is 8.07 Å². The first-order chi connectivity index (χ1) is 7.12. The second kappa shape index (κ2) is 5.07. The molecule has 0 heterocycles. The zero-order chi connectivity index (χ0) is 14.1. The Labute approximate surface area is 112 Å². The van der Waals surface area contributed by atoms with Crippen LogP contribution in [-0.4, -0.2) is 8.07 Å². The topological polar surface area (TPSA) is 0 Å². The third-order valence-corrected chi connectivity index (χ3v) is 8.61. The molecule has 0 saturated carbocycles. The van der Waals surface area contributed by atoms with E-state index < -0.39 is 8.07 Å². The maximum absolute atomic E-state index is 2.63. The molecule has 1 heteroatoms. The predicted octanol–water partition coefficient (Wildman–Crippen LogP) is 6.20. The third-order valence-electron chi connectivity index (χ3n) is 2.87. The van der Waals surface area contributed by atoms with Gasteiger partial charge in [-0.1, -0.05) is 87.0 Å². The largest absolute Gasteiger partial charge is 0.0691 e. The number of rotatable bonds is 3. The van der Waals surface area contributed by atoms with Gasteiger partial charge in [-0.15, -0.1) is 0 Å². The molecule has 0 fully saturated rings. The summed E-state index contributed by atoms with van der Waals surface area (Å²) in [6.45, 7) is 24.3. The Bertz CT molecular complexity index is 191. The number of hydrogen-bond donors (Lipinski definition) is 0. The van der Waals surface area contributed by atoms with Crippen LogP contribution in [0.4, 0.5) is 0 Å². The highest BCUT2D eigenvalue weighted by molar-refractivity contribution is 6.79. The Balaban J connectivity index is 4.95. The van der Waals surface area contributed by atoms with Crippen LogP contribution in [0.3, 0.4) is 0 Å². The summed E-state index contributed by atoms with van der Waals surface area (Å²) in [7, 11) is -1.16. The van der Waals surface area contributed by atoms with Crippen molar-refractivity contribution in [1.82, 2.24) is 0 Å². The molecule has 0 aliphatic heterocycles. The molecule has 0 atom stereocenters. The van der Waals surface area contributed by atoms with E-state index in [1.165, 1.54) is 18.1 Å². The highest BCUT2D eigenvalue weighted by atomic mass is 28.3. The fourth-order valence-corrected chi connectivity index (χ4v) is 12.1. The molecule has 0 amide bonds. The van der Waals surface area contributed by atoms with E-state index in [0.29, 0.717) is 16.2 Å². The van der Waals surface area contributed by atoms with Crippen LogP contribution in [-0.2, 0) is 0 Å². The minimum Gasteiger partial charge on any atom is -0.0691 e. The van der Waals surface area contributed by atoms with Crippen molar-refractivity contribution in [3.8, 4) is 0 Å². The maximum Gasteiger partial charge on any atom is 0.0520 e. The summed E-state index contributed by atoms with van der Waals surface area (Å²) in [6, 6.07) is 4.36. The molecular formula is C16H36Si. The zero-order valence-corrected chi connectivity index (χ0v) is 15.1. The minimum absolute atomic E-state index is 0.484. The van der Waals surface area contributed by atoms with Gasteiger partial charge >= 0.3 is 0 Å². The van der Waals surface area contributed by atoms with Gasteiger partial charge in [0.15, 0.2) is 0 Å². The van der Waals surface area contributed by atoms with E-state index in [-0.39, 0.29) is 0 Å². The average molecular weight is 257 g/mol. The molecule has 0 aliphatic carbocycles. The molecule has 104 valence electrons. The molecule has 0 aromatic carbocycles. The van der Waals surface area contributed by atoms with Crippen molar-refractivity contribution < 1.29 is 0 Å². The Morgan fingerprint density at radius 1 is 0.529 bits per heavy atom. The van der Waals surface area contributed by atoms with Crippen LogP contribution < -0.4 is 0 Å². The molecule has 0 bridgehead atoms. The second-order valence-electron chi connectivity index (χ2n) is 10.0. The van der Waals surface area contributed by atoms with Crippen molar-refractivity contribution in [2.24, 2.45) is 16.2 Å². The molecular weight excluding hydrogens is 220 g/mol. The summed E-state index contributed by atoms with van der Waals surface area (Å²) >= 11 is 0. The summed E-state index contributed by atoms with van der Waals surface area (Å²) in [5.74, 6) is 0. The summed E-state index contributed by atoms with van der Waals surface area (Å²) < 4.78 is 0. The Hall–Kier alpha value is 0.217. The fourth-order valence-electron chi connectivity index (χ4n) is 4.03. The SMILES string of the molecule is CC(C)(C)C[Si](C)(CC(C)(C)C)CC(C)(C)C. The molecule has 0 saturated heterocycles. The standard InChI is InChI=1S/C16H36Si/c1-14(2,3)11-17(10,12-15(4,5)6)13-16(7,8)9/h11-13H2,1-10H3. The maximum atomic E-state index is 2.63. The highest BCUT2D eigenvalue weighted by Crippen LogP contribution is 2.42. The fraction of sp³-hybridized carbons (Fsp3) is 1.00. The van der Waals surface area contributed by atoms with Crippen LogP contribution in [0.5, 0.6) is 0 Å². The minimum atomic E-state index is -1.16. The van der Waals surface area contributed by atoms with Crippen molar-refractivity contribution in [3.05, 3.63) is 0 Å². The van der Waals surface area contributed by atoms with E-state index in [1.807, 2.05) is 0 Å². The lowest BCUT2D eigenvalue weighted by molar-refractivity contribution is 0.408. The van der Waals surface area contributed by atoms with Crippen molar-refractivity contribution in [2.45, 2.75) is 87.0 Å². The summed E-state index contributed by atoms with van der Waals surface area (Å²) in [5, 5.41) is 0. The molecule has 0 aliphatic rings. The lowest BCUT2D eigenvalue weighted by Crippen LogP contribution is -2.41. The predicted molar refractivity (Wildman–Crippen MR) is 84.4 cm³/mol. The van der Waals surface area contributed by atoms with Gasteiger partial charge in [0.1, 0.15) is 0 Å². The van der Waals surface area contributed by atoms with Gasteiger partial charge in [-0.25, -0.2) is 0 Å². The van der Waals surface area contributed by atoms with Crippen molar-refractivity contribution in [2.75, 3.05) is 0 Å². The van der Waals surface area contributed by atoms with Crippen LogP contribution in [0, 0.1) is 16.2 Å². The quantitative estimate of drug-likeness (QED) is 0.527. The van der Waals surface area contributed by atoms with E-state index >= 15 is 0 Å². The summed E-state index contributed by atoms with van der Waals surface area (Å²) in [6.07, 6.45) is 0. The molecule has 0 radical (unpaired) electrons. The first-order valence-electron chi connectivity index (χ1n) is 7.12. The van der Waals surface area contributed by atoms with E-state index in [9.17, 15) is 0 Å². The smallest absolute Gasteiger partial charge is 0.0520 e. The van der Waals surface area contributed by atoms with Crippen LogP contribution >= 0.6 is 0 Å². The zero-order valence-electron chi connectivity index (χ0n) is 14.1. The van der Waals surface area contributed by atoms with Gasteiger partial charge in [-0.2, -0.15) is 0 Å². The van der Waals surface area contributed by atoms with Crippen molar-refractivity contribution in [1.29, 1.82) is 0 Å². The van der Waals surface area contributed by atoms with E-state index in [2.05, 4.69) is 68.9 Å². The molecule has 0 aromatic rings. The molecule has 17 heavy (non-hydrogen) atoms. The van der Waals surface area contributed by atoms with Crippen LogP contribution in [0.15, 0.2) is 0 Å². The van der Waals surface area contributed by atoms with Gasteiger partial charge in [0.25, 0.3) is 0 Å². The molecule has 0 unspecified atom stereocenters. The monoisotopic (exact) mass is 256 g/mol. The van der Waals surface area contributed by atoms with Gasteiger partial charge in [-0.3, -0.25) is 0 Å². The summed E-state index contributed by atoms with van der Waals surface area (Å²) in [4.78, 5) is 0. The normalized spacial score (nSPS) is 15.2. The Kier molecular flexibility index (Phi) is 5.13. The molecule has 0 N–H and O–H groups in total. The van der Waals surface area contributed by atoms with Crippen LogP contribution in [0.2, 0.25) is 24.7 Å². The first kappa shape index (κ1) is 17.2. The third kappa shape index (κ3) is 9.88. The molecule has 0 spiro atoms. The van der Waals surface area contributed by atoms with Gasteiger partial charge in [0, 0.05) is 0 Å². The van der Waals surface area contributed by atoms with E-state index in [0.717, 1.165) is 0 Å². The molecule has 0 rings (SSSR count). The summed E-state index contributed by atoms with van der Waals surface area (Å²) in [5.41, 5.74) is 1.45. The first-order valence-corrected chi connectivity index (χ1v) is 10.2. The lowest BCUT2D eigenvalue weighted by atomic mass is 9.99. The van der Waals surface area contributed by atoms with Crippen molar-refractivity contribution in [3.63, 3.8) is 0 Å². The van der Waals surface area contributed by atoms with E-state index in [4.69, 9.17) is 0 Å². The van der Waals surface area contributed by atoms with Crippen LogP contribution in [0.1, 0.15) is 62.3 Å². The van der Waals surface area contributed by atoms with Crippen LogP contribution in [0.25, 0.3) is 0 Å². The Morgan fingerprint density at radius 2 is 0.706 bits per heavy atom. The van der Waals surface area contributed by atoms with Crippen molar-refractivity contribution >= 4 is 8.07 Å². The second-order valence-corrected chi connectivity index (χ2v) is 14.7. The van der Waals surface area contributed by atoms with Gasteiger partial charge < -0.3 is 0 Å². The van der Waals surface area contributed by atoms with Gasteiger partial charge in [0.2, 0.25) is 0 Å². The van der Waals surface area contributed by atoms with E-state index in [1.54, 1.807) is 0 Å². The Morgan fingerprint density at radius 3 is 0.824 bits per heavy atom. The molecule has 0 aromatic heterocycles. The lowest BCUT2D eigenvalue weighted by Gasteiger charge is -2.42. The van der Waals surface area contributed by atoms with Gasteiger partial charge in [-0.05, 0) is 16.2 Å². The number of hydrogen-bond acceptors (Lipinski definition) is 0. The highest BCUT2D eigenvalue weighted by Gasteiger charge is 2.38. The average Bonchev–Trinajstić information content (AvgIpc) is 1.65. The molecule has 0 nitrogen and oxygen atoms in total.